The van der Waals surface area contributed by atoms with Crippen LogP contribution >= 0.6 is 0 Å². The molecule has 2 heteroatoms. The van der Waals surface area contributed by atoms with Crippen LogP contribution in [0.3, 0.4) is 0 Å². The van der Waals surface area contributed by atoms with Crippen LogP contribution in [0.25, 0.3) is 0 Å². The maximum absolute atomic E-state index is 10.7. The van der Waals surface area contributed by atoms with Crippen molar-refractivity contribution in [2.45, 2.75) is 58.3 Å². The molecule has 0 aliphatic rings. The number of methoxy groups -OCH3 is 1. The average molecular weight is 212 g/mol. The second-order valence-electron chi connectivity index (χ2n) is 3.84. The highest BCUT2D eigenvalue weighted by Crippen LogP contribution is 2.08. The first-order chi connectivity index (χ1) is 7.31. The maximum Gasteiger partial charge on any atom is 0.330 e. The van der Waals surface area contributed by atoms with Gasteiger partial charge in [0, 0.05) is 6.08 Å². The lowest BCUT2D eigenvalue weighted by molar-refractivity contribution is -0.134. The molecule has 0 aliphatic carbocycles. The molecule has 0 bridgehead atoms. The van der Waals surface area contributed by atoms with Crippen LogP contribution < -0.4 is 0 Å². The Balaban J connectivity index is 3.11. The largest absolute Gasteiger partial charge is 0.466 e. The normalized spacial score (nSPS) is 10.8. The molecule has 0 aromatic heterocycles. The molecular weight excluding hydrogens is 188 g/mol. The summed E-state index contributed by atoms with van der Waals surface area (Å²) in [6.45, 7) is 2.23. The van der Waals surface area contributed by atoms with Crippen molar-refractivity contribution < 1.29 is 9.53 Å². The summed E-state index contributed by atoms with van der Waals surface area (Å²) in [5.74, 6) is -0.252. The van der Waals surface area contributed by atoms with Crippen LogP contribution in [0.1, 0.15) is 58.3 Å². The van der Waals surface area contributed by atoms with Crippen molar-refractivity contribution in [3.05, 3.63) is 12.2 Å². The third kappa shape index (κ3) is 11.1. The highest BCUT2D eigenvalue weighted by Gasteiger charge is 1.91. The van der Waals surface area contributed by atoms with Gasteiger partial charge in [-0.15, -0.1) is 0 Å². The molecule has 0 saturated heterocycles. The molecule has 0 fully saturated rings. The molecule has 0 saturated carbocycles. The molecule has 0 aliphatic heterocycles. The van der Waals surface area contributed by atoms with Crippen molar-refractivity contribution in [3.8, 4) is 0 Å². The van der Waals surface area contributed by atoms with Crippen LogP contribution in [-0.2, 0) is 9.53 Å². The van der Waals surface area contributed by atoms with Crippen LogP contribution in [0.2, 0.25) is 0 Å². The van der Waals surface area contributed by atoms with Crippen LogP contribution in [0.15, 0.2) is 12.2 Å². The summed E-state index contributed by atoms with van der Waals surface area (Å²) in [6.07, 6.45) is 13.6. The lowest BCUT2D eigenvalue weighted by atomic mass is 10.1. The molecule has 0 spiro atoms. The zero-order valence-corrected chi connectivity index (χ0v) is 10.1. The fourth-order valence-corrected chi connectivity index (χ4v) is 1.47. The summed E-state index contributed by atoms with van der Waals surface area (Å²) < 4.78 is 4.50. The number of hydrogen-bond acceptors (Lipinski definition) is 2. The summed E-state index contributed by atoms with van der Waals surface area (Å²) in [6, 6.07) is 0. The van der Waals surface area contributed by atoms with E-state index in [9.17, 15) is 4.79 Å². The Morgan fingerprint density at radius 2 is 1.67 bits per heavy atom. The van der Waals surface area contributed by atoms with Gasteiger partial charge in [0.1, 0.15) is 0 Å². The SMILES string of the molecule is CCCCCCCCC/C=C\C(=O)OC. The molecule has 15 heavy (non-hydrogen) atoms. The molecule has 2 nitrogen and oxygen atoms in total. The minimum Gasteiger partial charge on any atom is -0.466 e. The van der Waals surface area contributed by atoms with Gasteiger partial charge in [0.05, 0.1) is 7.11 Å². The van der Waals surface area contributed by atoms with E-state index in [4.69, 9.17) is 0 Å². The van der Waals surface area contributed by atoms with Gasteiger partial charge in [-0.1, -0.05) is 51.5 Å². The number of esters is 1. The standard InChI is InChI=1S/C13H24O2/c1-3-4-5-6-7-8-9-10-11-12-13(14)15-2/h11-12H,3-10H2,1-2H3/b12-11-. The van der Waals surface area contributed by atoms with Crippen molar-refractivity contribution in [1.82, 2.24) is 0 Å². The van der Waals surface area contributed by atoms with Gasteiger partial charge in [-0.25, -0.2) is 4.79 Å². The van der Waals surface area contributed by atoms with Crippen LogP contribution in [-0.4, -0.2) is 13.1 Å². The number of carbonyl (C=O) groups excluding carboxylic acids is 1. The Hall–Kier alpha value is -0.790. The number of ether oxygens (including phenoxy) is 1. The van der Waals surface area contributed by atoms with Gasteiger partial charge in [-0.05, 0) is 12.8 Å². The molecule has 0 N–H and O–H groups in total. The van der Waals surface area contributed by atoms with Gasteiger partial charge in [-0.2, -0.15) is 0 Å². The van der Waals surface area contributed by atoms with Crippen molar-refractivity contribution >= 4 is 5.97 Å². The van der Waals surface area contributed by atoms with Gasteiger partial charge in [0.15, 0.2) is 0 Å². The van der Waals surface area contributed by atoms with Crippen molar-refractivity contribution in [2.24, 2.45) is 0 Å². The van der Waals surface area contributed by atoms with E-state index in [1.807, 2.05) is 6.08 Å². The highest BCUT2D eigenvalue weighted by atomic mass is 16.5. The monoisotopic (exact) mass is 212 g/mol. The van der Waals surface area contributed by atoms with E-state index in [1.165, 1.54) is 58.1 Å². The third-order valence-electron chi connectivity index (χ3n) is 2.43. The lowest BCUT2D eigenvalue weighted by Gasteiger charge is -1.98. The predicted molar refractivity (Wildman–Crippen MR) is 63.8 cm³/mol. The number of rotatable bonds is 9. The van der Waals surface area contributed by atoms with E-state index in [1.54, 1.807) is 0 Å². The second kappa shape index (κ2) is 11.3. The van der Waals surface area contributed by atoms with E-state index in [0.717, 1.165) is 6.42 Å². The Labute approximate surface area is 93.7 Å². The van der Waals surface area contributed by atoms with E-state index in [2.05, 4.69) is 11.7 Å². The summed E-state index contributed by atoms with van der Waals surface area (Å²) in [7, 11) is 1.40. The fourth-order valence-electron chi connectivity index (χ4n) is 1.47. The molecule has 0 atom stereocenters. The van der Waals surface area contributed by atoms with Crippen molar-refractivity contribution in [1.29, 1.82) is 0 Å². The molecule has 0 radical (unpaired) electrons. The van der Waals surface area contributed by atoms with E-state index >= 15 is 0 Å². The molecule has 88 valence electrons. The van der Waals surface area contributed by atoms with Gasteiger partial charge in [0.25, 0.3) is 0 Å². The zero-order chi connectivity index (χ0) is 11.4. The molecule has 0 heterocycles. The minimum absolute atomic E-state index is 0.252. The van der Waals surface area contributed by atoms with E-state index in [0.29, 0.717) is 0 Å². The Kier molecular flexibility index (Phi) is 10.7. The Bertz CT molecular complexity index is 173. The fraction of sp³-hybridized carbons (Fsp3) is 0.769. The third-order valence-corrected chi connectivity index (χ3v) is 2.43. The van der Waals surface area contributed by atoms with Gasteiger partial charge in [0.2, 0.25) is 0 Å². The molecular formula is C13H24O2. The number of unbranched alkanes of at least 4 members (excludes halogenated alkanes) is 7. The molecule has 0 aromatic carbocycles. The summed E-state index contributed by atoms with van der Waals surface area (Å²) in [5.41, 5.74) is 0. The maximum atomic E-state index is 10.7. The van der Waals surface area contributed by atoms with Crippen LogP contribution in [0.5, 0.6) is 0 Å². The van der Waals surface area contributed by atoms with Crippen molar-refractivity contribution in [2.75, 3.05) is 7.11 Å². The first-order valence-corrected chi connectivity index (χ1v) is 6.05. The topological polar surface area (TPSA) is 26.3 Å². The second-order valence-corrected chi connectivity index (χ2v) is 3.84. The Morgan fingerprint density at radius 1 is 1.07 bits per heavy atom. The average Bonchev–Trinajstić information content (AvgIpc) is 2.26. The molecule has 0 rings (SSSR count). The van der Waals surface area contributed by atoms with Crippen LogP contribution in [0, 0.1) is 0 Å². The minimum atomic E-state index is -0.252. The molecule has 0 amide bonds. The first-order valence-electron chi connectivity index (χ1n) is 6.05. The van der Waals surface area contributed by atoms with E-state index in [-0.39, 0.29) is 5.97 Å². The Morgan fingerprint density at radius 3 is 2.27 bits per heavy atom. The summed E-state index contributed by atoms with van der Waals surface area (Å²) >= 11 is 0. The number of carbonyl (C=O) groups is 1. The number of hydrogen-bond donors (Lipinski definition) is 0. The quantitative estimate of drug-likeness (QED) is 0.329. The smallest absolute Gasteiger partial charge is 0.330 e. The van der Waals surface area contributed by atoms with Crippen LogP contribution in [0.4, 0.5) is 0 Å². The highest BCUT2D eigenvalue weighted by molar-refractivity contribution is 5.81. The summed E-state index contributed by atoms with van der Waals surface area (Å²) in [5, 5.41) is 0. The van der Waals surface area contributed by atoms with Gasteiger partial charge >= 0.3 is 5.97 Å². The molecule has 0 unspecified atom stereocenters. The first kappa shape index (κ1) is 14.2. The summed E-state index contributed by atoms with van der Waals surface area (Å²) in [4.78, 5) is 10.7. The lowest BCUT2D eigenvalue weighted by Crippen LogP contribution is -1.93. The van der Waals surface area contributed by atoms with E-state index < -0.39 is 0 Å². The van der Waals surface area contributed by atoms with Gasteiger partial charge in [-0.3, -0.25) is 0 Å². The van der Waals surface area contributed by atoms with Crippen molar-refractivity contribution in [3.63, 3.8) is 0 Å². The number of allylic oxidation sites excluding steroid dienone is 1. The predicted octanol–water partition coefficient (Wildman–Crippen LogP) is 3.86. The van der Waals surface area contributed by atoms with Gasteiger partial charge < -0.3 is 4.74 Å². The zero-order valence-electron chi connectivity index (χ0n) is 10.1. The molecule has 0 aromatic rings.